The molecule has 0 spiro atoms. The largest absolute Gasteiger partial charge is 0.444 e. The van der Waals surface area contributed by atoms with Crippen LogP contribution in [-0.2, 0) is 9.47 Å². The number of aromatic nitrogens is 1. The number of nitrogens with two attached hydrogens (primary N) is 1. The first-order valence-corrected chi connectivity index (χ1v) is 7.54. The molecule has 1 fully saturated rings. The third-order valence-corrected chi connectivity index (χ3v) is 3.42. The average molecular weight is 307 g/mol. The number of carbonyl (C=O) groups is 1. The number of carbonyl (C=O) groups excluding carboxylic acids is 1. The van der Waals surface area contributed by atoms with E-state index < -0.39 is 5.60 Å². The summed E-state index contributed by atoms with van der Waals surface area (Å²) in [5.74, 6) is 0. The summed E-state index contributed by atoms with van der Waals surface area (Å²) in [5.41, 5.74) is 7.58. The number of aryl methyl sites for hydroxylation is 1. The number of rotatable bonds is 2. The molecule has 0 saturated carbocycles. The molecule has 0 aromatic carbocycles. The van der Waals surface area contributed by atoms with Gasteiger partial charge in [-0.1, -0.05) is 6.07 Å². The summed E-state index contributed by atoms with van der Waals surface area (Å²) in [7, 11) is 0. The molecule has 0 radical (unpaired) electrons. The van der Waals surface area contributed by atoms with Gasteiger partial charge in [-0.15, -0.1) is 0 Å². The molecule has 0 aliphatic carbocycles. The lowest BCUT2D eigenvalue weighted by Crippen LogP contribution is -2.50. The highest BCUT2D eigenvalue weighted by atomic mass is 16.6. The van der Waals surface area contributed by atoms with Gasteiger partial charge in [-0.3, -0.25) is 4.98 Å². The Morgan fingerprint density at radius 2 is 2.23 bits per heavy atom. The van der Waals surface area contributed by atoms with Crippen molar-refractivity contribution in [3.05, 3.63) is 29.6 Å². The SMILES string of the molecule is Cc1ccc(C(N)[C@@H]2CN(C(=O)OC(C)(C)C)CCO2)nc1. The zero-order valence-electron chi connectivity index (χ0n) is 13.7. The number of nitrogens with zero attached hydrogens (tertiary/aromatic N) is 2. The second kappa shape index (κ2) is 6.62. The van der Waals surface area contributed by atoms with Crippen molar-refractivity contribution < 1.29 is 14.3 Å². The zero-order valence-corrected chi connectivity index (χ0v) is 13.7. The van der Waals surface area contributed by atoms with Gasteiger partial charge in [-0.2, -0.15) is 0 Å². The summed E-state index contributed by atoms with van der Waals surface area (Å²) in [6.07, 6.45) is 1.17. The second-order valence-electron chi connectivity index (χ2n) is 6.62. The first kappa shape index (κ1) is 16.7. The van der Waals surface area contributed by atoms with Crippen molar-refractivity contribution in [3.8, 4) is 0 Å². The minimum atomic E-state index is -0.508. The van der Waals surface area contributed by atoms with E-state index in [-0.39, 0.29) is 18.2 Å². The number of pyridine rings is 1. The summed E-state index contributed by atoms with van der Waals surface area (Å²) in [6, 6.07) is 3.50. The van der Waals surface area contributed by atoms with Crippen LogP contribution in [0.5, 0.6) is 0 Å². The predicted octanol–water partition coefficient (Wildman–Crippen LogP) is 2.03. The molecule has 6 heteroatoms. The summed E-state index contributed by atoms with van der Waals surface area (Å²) in [6.45, 7) is 8.90. The Balaban J connectivity index is 2.00. The third-order valence-electron chi connectivity index (χ3n) is 3.42. The molecule has 1 aromatic heterocycles. The van der Waals surface area contributed by atoms with E-state index >= 15 is 0 Å². The minimum absolute atomic E-state index is 0.281. The van der Waals surface area contributed by atoms with E-state index in [4.69, 9.17) is 15.2 Å². The van der Waals surface area contributed by atoms with E-state index in [1.54, 1.807) is 11.1 Å². The molecule has 6 nitrogen and oxygen atoms in total. The number of hydrogen-bond donors (Lipinski definition) is 1. The Morgan fingerprint density at radius 3 is 2.82 bits per heavy atom. The van der Waals surface area contributed by atoms with E-state index in [1.807, 2.05) is 39.8 Å². The van der Waals surface area contributed by atoms with Crippen LogP contribution in [-0.4, -0.2) is 47.4 Å². The number of hydrogen-bond acceptors (Lipinski definition) is 5. The van der Waals surface area contributed by atoms with Gasteiger partial charge in [0.15, 0.2) is 0 Å². The first-order valence-electron chi connectivity index (χ1n) is 7.54. The highest BCUT2D eigenvalue weighted by molar-refractivity contribution is 5.68. The third kappa shape index (κ3) is 4.42. The molecule has 1 unspecified atom stereocenters. The molecule has 1 amide bonds. The summed E-state index contributed by atoms with van der Waals surface area (Å²) >= 11 is 0. The van der Waals surface area contributed by atoms with Crippen molar-refractivity contribution >= 4 is 6.09 Å². The van der Waals surface area contributed by atoms with Crippen molar-refractivity contribution in [2.45, 2.75) is 45.4 Å². The Labute approximate surface area is 131 Å². The monoisotopic (exact) mass is 307 g/mol. The zero-order chi connectivity index (χ0) is 16.3. The van der Waals surface area contributed by atoms with Gasteiger partial charge in [0.2, 0.25) is 0 Å². The molecule has 1 aromatic rings. The molecule has 2 atom stereocenters. The normalized spacial score (nSPS) is 20.6. The van der Waals surface area contributed by atoms with E-state index in [0.29, 0.717) is 19.7 Å². The molecule has 2 rings (SSSR count). The van der Waals surface area contributed by atoms with Crippen LogP contribution in [0.2, 0.25) is 0 Å². The lowest BCUT2D eigenvalue weighted by Gasteiger charge is -2.36. The summed E-state index contributed by atoms with van der Waals surface area (Å²) < 4.78 is 11.1. The number of amides is 1. The maximum atomic E-state index is 12.2. The fourth-order valence-corrected chi connectivity index (χ4v) is 2.25. The molecular weight excluding hydrogens is 282 g/mol. The molecule has 122 valence electrons. The topological polar surface area (TPSA) is 77.7 Å². The van der Waals surface area contributed by atoms with Gasteiger partial charge in [0.1, 0.15) is 5.60 Å². The summed E-state index contributed by atoms with van der Waals surface area (Å²) in [4.78, 5) is 18.1. The molecule has 0 bridgehead atoms. The Kier molecular flexibility index (Phi) is 5.03. The van der Waals surface area contributed by atoms with Gasteiger partial charge in [0.05, 0.1) is 31.0 Å². The molecule has 2 heterocycles. The summed E-state index contributed by atoms with van der Waals surface area (Å²) in [5, 5.41) is 0. The number of ether oxygens (including phenoxy) is 2. The van der Waals surface area contributed by atoms with Crippen LogP contribution in [0.1, 0.15) is 38.1 Å². The highest BCUT2D eigenvalue weighted by Crippen LogP contribution is 2.20. The minimum Gasteiger partial charge on any atom is -0.444 e. The fraction of sp³-hybridized carbons (Fsp3) is 0.625. The highest BCUT2D eigenvalue weighted by Gasteiger charge is 2.32. The quantitative estimate of drug-likeness (QED) is 0.904. The van der Waals surface area contributed by atoms with Crippen molar-refractivity contribution in [1.82, 2.24) is 9.88 Å². The van der Waals surface area contributed by atoms with Crippen molar-refractivity contribution in [2.75, 3.05) is 19.7 Å². The smallest absolute Gasteiger partial charge is 0.410 e. The molecular formula is C16H25N3O3. The van der Waals surface area contributed by atoms with Gasteiger partial charge in [0.25, 0.3) is 0 Å². The van der Waals surface area contributed by atoms with Crippen molar-refractivity contribution in [2.24, 2.45) is 5.73 Å². The van der Waals surface area contributed by atoms with Gasteiger partial charge in [-0.25, -0.2) is 4.79 Å². The van der Waals surface area contributed by atoms with Crippen LogP contribution in [0, 0.1) is 6.92 Å². The molecule has 1 aliphatic rings. The van der Waals surface area contributed by atoms with Gasteiger partial charge in [0, 0.05) is 12.7 Å². The van der Waals surface area contributed by atoms with Gasteiger partial charge < -0.3 is 20.1 Å². The van der Waals surface area contributed by atoms with E-state index in [2.05, 4.69) is 4.98 Å². The van der Waals surface area contributed by atoms with Crippen LogP contribution in [0.25, 0.3) is 0 Å². The van der Waals surface area contributed by atoms with E-state index in [1.165, 1.54) is 0 Å². The van der Waals surface area contributed by atoms with Crippen LogP contribution >= 0.6 is 0 Å². The maximum Gasteiger partial charge on any atom is 0.410 e. The van der Waals surface area contributed by atoms with E-state index in [9.17, 15) is 4.79 Å². The van der Waals surface area contributed by atoms with Gasteiger partial charge in [-0.05, 0) is 39.3 Å². The van der Waals surface area contributed by atoms with Crippen LogP contribution in [0.3, 0.4) is 0 Å². The second-order valence-corrected chi connectivity index (χ2v) is 6.62. The molecule has 22 heavy (non-hydrogen) atoms. The maximum absolute atomic E-state index is 12.2. The molecule has 1 saturated heterocycles. The lowest BCUT2D eigenvalue weighted by molar-refractivity contribution is -0.0512. The van der Waals surface area contributed by atoms with Crippen LogP contribution in [0.15, 0.2) is 18.3 Å². The predicted molar refractivity (Wildman–Crippen MR) is 83.4 cm³/mol. The molecule has 1 aliphatic heterocycles. The van der Waals surface area contributed by atoms with Gasteiger partial charge >= 0.3 is 6.09 Å². The number of morpholine rings is 1. The van der Waals surface area contributed by atoms with Crippen LogP contribution in [0.4, 0.5) is 4.79 Å². The Morgan fingerprint density at radius 1 is 1.50 bits per heavy atom. The average Bonchev–Trinajstić information content (AvgIpc) is 2.46. The Bertz CT molecular complexity index is 510. The Hall–Kier alpha value is -1.66. The van der Waals surface area contributed by atoms with E-state index in [0.717, 1.165) is 11.3 Å². The van der Waals surface area contributed by atoms with Crippen molar-refractivity contribution in [1.29, 1.82) is 0 Å². The van der Waals surface area contributed by atoms with Crippen molar-refractivity contribution in [3.63, 3.8) is 0 Å². The molecule has 2 N–H and O–H groups in total. The lowest BCUT2D eigenvalue weighted by atomic mass is 10.1. The first-order chi connectivity index (χ1) is 10.3. The fourth-order valence-electron chi connectivity index (χ4n) is 2.25. The standard InChI is InChI=1S/C16H25N3O3/c1-11-5-6-12(18-9-11)14(17)13-10-19(7-8-21-13)15(20)22-16(2,3)4/h5-6,9,13-14H,7-8,10,17H2,1-4H3/t13-,14?/m0/s1. The van der Waals surface area contributed by atoms with Crippen LogP contribution < -0.4 is 5.73 Å².